The molecule has 1 aliphatic carbocycles. The molecular formula is C17H33OSi. The molecule has 0 aliphatic heterocycles. The molecule has 111 valence electrons. The van der Waals surface area contributed by atoms with E-state index >= 15 is 0 Å². The predicted molar refractivity (Wildman–Crippen MR) is 86.5 cm³/mol. The Morgan fingerprint density at radius 3 is 2.16 bits per heavy atom. The van der Waals surface area contributed by atoms with E-state index in [4.69, 9.17) is 4.43 Å². The van der Waals surface area contributed by atoms with Gasteiger partial charge in [-0.3, -0.25) is 0 Å². The first-order valence-corrected chi connectivity index (χ1v) is 10.5. The van der Waals surface area contributed by atoms with Crippen LogP contribution in [0.25, 0.3) is 0 Å². The smallest absolute Gasteiger partial charge is 0.273 e. The Labute approximate surface area is 122 Å². The van der Waals surface area contributed by atoms with E-state index in [-0.39, 0.29) is 0 Å². The molecule has 0 aromatic heterocycles. The van der Waals surface area contributed by atoms with Crippen LogP contribution in [0.15, 0.2) is 11.8 Å². The molecule has 1 aliphatic rings. The van der Waals surface area contributed by atoms with Crippen molar-refractivity contribution in [2.24, 2.45) is 11.3 Å². The summed E-state index contributed by atoms with van der Waals surface area (Å²) < 4.78 is 6.15. The Kier molecular flexibility index (Phi) is 7.20. The van der Waals surface area contributed by atoms with Crippen molar-refractivity contribution in [1.82, 2.24) is 0 Å². The van der Waals surface area contributed by atoms with E-state index in [2.05, 4.69) is 39.9 Å². The minimum atomic E-state index is -0.627. The molecule has 2 heteroatoms. The molecule has 0 saturated heterocycles. The number of hydrogen-bond acceptors (Lipinski definition) is 1. The van der Waals surface area contributed by atoms with Crippen molar-refractivity contribution in [3.05, 3.63) is 11.8 Å². The molecule has 0 bridgehead atoms. The first-order valence-electron chi connectivity index (χ1n) is 8.08. The summed E-state index contributed by atoms with van der Waals surface area (Å²) in [6.07, 6.45) is 13.2. The van der Waals surface area contributed by atoms with Crippen LogP contribution < -0.4 is 0 Å². The Morgan fingerprint density at radius 1 is 1.00 bits per heavy atom. The van der Waals surface area contributed by atoms with Gasteiger partial charge >= 0.3 is 0 Å². The molecule has 1 atom stereocenters. The van der Waals surface area contributed by atoms with E-state index in [1.54, 1.807) is 0 Å². The van der Waals surface area contributed by atoms with Crippen LogP contribution in [-0.2, 0) is 4.43 Å². The highest BCUT2D eigenvalue weighted by Crippen LogP contribution is 2.34. The molecule has 0 aromatic rings. The molecule has 0 aromatic carbocycles. The van der Waals surface area contributed by atoms with E-state index in [0.717, 1.165) is 6.42 Å². The summed E-state index contributed by atoms with van der Waals surface area (Å²) in [5.74, 6) is 1.96. The van der Waals surface area contributed by atoms with Gasteiger partial charge in [-0.1, -0.05) is 52.9 Å². The monoisotopic (exact) mass is 281 g/mol. The van der Waals surface area contributed by atoms with Crippen LogP contribution in [0.3, 0.4) is 0 Å². The summed E-state index contributed by atoms with van der Waals surface area (Å²) in [4.78, 5) is 0. The highest BCUT2D eigenvalue weighted by molar-refractivity contribution is 6.48. The Morgan fingerprint density at radius 2 is 1.58 bits per heavy atom. The molecule has 1 nitrogen and oxygen atoms in total. The van der Waals surface area contributed by atoms with Crippen molar-refractivity contribution in [2.75, 3.05) is 0 Å². The van der Waals surface area contributed by atoms with Crippen molar-refractivity contribution < 1.29 is 4.43 Å². The van der Waals surface area contributed by atoms with E-state index < -0.39 is 9.04 Å². The molecule has 1 radical (unpaired) electrons. The first kappa shape index (κ1) is 16.8. The molecule has 1 unspecified atom stereocenters. The zero-order valence-corrected chi connectivity index (χ0v) is 14.7. The van der Waals surface area contributed by atoms with Crippen molar-refractivity contribution in [2.45, 2.75) is 85.2 Å². The molecule has 0 amide bonds. The lowest BCUT2D eigenvalue weighted by Gasteiger charge is -2.29. The molecule has 0 saturated carbocycles. The normalized spacial score (nSPS) is 26.4. The van der Waals surface area contributed by atoms with Crippen LogP contribution in [0.2, 0.25) is 13.1 Å². The second kappa shape index (κ2) is 8.14. The van der Waals surface area contributed by atoms with Crippen LogP contribution in [-0.4, -0.2) is 9.04 Å². The lowest BCUT2D eigenvalue weighted by Crippen LogP contribution is -2.20. The van der Waals surface area contributed by atoms with Gasteiger partial charge in [-0.05, 0) is 43.3 Å². The van der Waals surface area contributed by atoms with Crippen LogP contribution in [0.4, 0.5) is 0 Å². The fraction of sp³-hybridized carbons (Fsp3) is 0.882. The van der Waals surface area contributed by atoms with Gasteiger partial charge in [-0.2, -0.15) is 0 Å². The maximum atomic E-state index is 6.15. The minimum absolute atomic E-state index is 0.358. The summed E-state index contributed by atoms with van der Waals surface area (Å²) in [5.41, 5.74) is 0.358. The largest absolute Gasteiger partial charge is 0.546 e. The number of allylic oxidation sites excluding steroid dienone is 2. The van der Waals surface area contributed by atoms with Crippen LogP contribution in [0.1, 0.15) is 72.1 Å². The quantitative estimate of drug-likeness (QED) is 0.570. The molecule has 0 fully saturated rings. The third-order valence-corrected chi connectivity index (χ3v) is 4.69. The standard InChI is InChI=1S/C17H33OSi/c1-17(2,3)15-12-10-8-6-7-9-11-13-16(14-15)18-19(4)5/h14-15H,6-13H2,1-5H3/b16-14+. The van der Waals surface area contributed by atoms with Crippen molar-refractivity contribution in [3.8, 4) is 0 Å². The van der Waals surface area contributed by atoms with Crippen molar-refractivity contribution in [3.63, 3.8) is 0 Å². The third kappa shape index (κ3) is 7.19. The topological polar surface area (TPSA) is 9.23 Å². The van der Waals surface area contributed by atoms with Gasteiger partial charge in [-0.25, -0.2) is 0 Å². The molecule has 19 heavy (non-hydrogen) atoms. The van der Waals surface area contributed by atoms with Crippen molar-refractivity contribution in [1.29, 1.82) is 0 Å². The summed E-state index contributed by atoms with van der Waals surface area (Å²) in [6, 6.07) is 0. The van der Waals surface area contributed by atoms with Gasteiger partial charge in [-0.15, -0.1) is 0 Å². The second-order valence-corrected chi connectivity index (χ2v) is 9.30. The predicted octanol–water partition coefficient (Wildman–Crippen LogP) is 5.93. The Hall–Kier alpha value is -0.243. The van der Waals surface area contributed by atoms with Gasteiger partial charge < -0.3 is 4.43 Å². The summed E-state index contributed by atoms with van der Waals surface area (Å²) in [7, 11) is -0.627. The average Bonchev–Trinajstić information content (AvgIpc) is 2.32. The highest BCUT2D eigenvalue weighted by atomic mass is 28.3. The van der Waals surface area contributed by atoms with Gasteiger partial charge in [0.05, 0.1) is 5.76 Å². The molecular weight excluding hydrogens is 248 g/mol. The van der Waals surface area contributed by atoms with Crippen molar-refractivity contribution >= 4 is 9.04 Å². The zero-order valence-electron chi connectivity index (χ0n) is 13.7. The van der Waals surface area contributed by atoms with Gasteiger partial charge in [0.1, 0.15) is 0 Å². The Balaban J connectivity index is 2.80. The Bertz CT molecular complexity index is 275. The van der Waals surface area contributed by atoms with Gasteiger partial charge in [0, 0.05) is 6.42 Å². The summed E-state index contributed by atoms with van der Waals surface area (Å²) in [6.45, 7) is 11.6. The minimum Gasteiger partial charge on any atom is -0.546 e. The molecule has 0 spiro atoms. The number of hydrogen-bond donors (Lipinski definition) is 0. The van der Waals surface area contributed by atoms with Gasteiger partial charge in [0.2, 0.25) is 0 Å². The average molecular weight is 282 g/mol. The van der Waals surface area contributed by atoms with Crippen LogP contribution >= 0.6 is 0 Å². The van der Waals surface area contributed by atoms with Crippen LogP contribution in [0.5, 0.6) is 0 Å². The maximum absolute atomic E-state index is 6.15. The van der Waals surface area contributed by atoms with E-state index in [1.807, 2.05) is 0 Å². The fourth-order valence-electron chi connectivity index (χ4n) is 2.79. The maximum Gasteiger partial charge on any atom is 0.273 e. The van der Waals surface area contributed by atoms with E-state index in [0.29, 0.717) is 11.3 Å². The highest BCUT2D eigenvalue weighted by Gasteiger charge is 2.23. The van der Waals surface area contributed by atoms with Gasteiger partial charge in [0.25, 0.3) is 9.04 Å². The molecule has 0 heterocycles. The lowest BCUT2D eigenvalue weighted by atomic mass is 9.77. The lowest BCUT2D eigenvalue weighted by molar-refractivity contribution is 0.263. The zero-order chi connectivity index (χ0) is 14.3. The summed E-state index contributed by atoms with van der Waals surface area (Å²) in [5, 5.41) is 0. The molecule has 0 N–H and O–H groups in total. The van der Waals surface area contributed by atoms with Crippen LogP contribution in [0, 0.1) is 11.3 Å². The van der Waals surface area contributed by atoms with Gasteiger partial charge in [0.15, 0.2) is 0 Å². The second-order valence-electron chi connectivity index (χ2n) is 7.28. The molecule has 1 rings (SSSR count). The fourth-order valence-corrected chi connectivity index (χ4v) is 3.49. The first-order chi connectivity index (χ1) is 8.89. The SMILES string of the molecule is C[Si](C)O/C1=C/C(C(C)(C)C)CCCCCCCC1. The number of rotatable bonds is 2. The van der Waals surface area contributed by atoms with E-state index in [1.165, 1.54) is 50.7 Å². The van der Waals surface area contributed by atoms with E-state index in [9.17, 15) is 0 Å². The third-order valence-electron chi connectivity index (χ3n) is 4.02. The summed E-state index contributed by atoms with van der Waals surface area (Å²) >= 11 is 0.